The van der Waals surface area contributed by atoms with Gasteiger partial charge in [-0.3, -0.25) is 14.7 Å². The van der Waals surface area contributed by atoms with Crippen LogP contribution in [-0.4, -0.2) is 54.0 Å². The van der Waals surface area contributed by atoms with E-state index in [2.05, 4.69) is 32.9 Å². The Morgan fingerprint density at radius 2 is 0.917 bits per heavy atom. The van der Waals surface area contributed by atoms with E-state index in [-0.39, 0.29) is 0 Å². The largest absolute Gasteiger partial charge is 0.299 e. The first-order valence-corrected chi connectivity index (χ1v) is 10.2. The maximum atomic E-state index is 2.68. The zero-order chi connectivity index (χ0) is 16.2. The minimum absolute atomic E-state index is 1.16. The standard InChI is InChI=1S/C21H33N3/c1-2-11-22(10-1)16-19-8-7-9-20(17-23-12-3-4-13-23)21(19)18-24-14-5-6-15-24/h7-9H,1-6,10-18H2. The summed E-state index contributed by atoms with van der Waals surface area (Å²) in [5, 5.41) is 0. The van der Waals surface area contributed by atoms with E-state index in [0.29, 0.717) is 0 Å². The van der Waals surface area contributed by atoms with Crippen molar-refractivity contribution in [2.45, 2.75) is 58.2 Å². The molecule has 3 fully saturated rings. The lowest BCUT2D eigenvalue weighted by molar-refractivity contribution is 0.304. The SMILES string of the molecule is c1cc(CN2CCCC2)c(CN2CCCC2)c(CN2CCCC2)c1. The van der Waals surface area contributed by atoms with E-state index in [1.807, 2.05) is 0 Å². The molecule has 3 saturated heterocycles. The molecule has 0 amide bonds. The summed E-state index contributed by atoms with van der Waals surface area (Å²) in [6.45, 7) is 11.3. The van der Waals surface area contributed by atoms with E-state index in [0.717, 1.165) is 13.1 Å². The van der Waals surface area contributed by atoms with Gasteiger partial charge in [0.15, 0.2) is 0 Å². The smallest absolute Gasteiger partial charge is 0.0240 e. The third-order valence-corrected chi connectivity index (χ3v) is 6.14. The molecular weight excluding hydrogens is 294 g/mol. The van der Waals surface area contributed by atoms with Crippen molar-refractivity contribution in [2.75, 3.05) is 39.3 Å². The summed E-state index contributed by atoms with van der Waals surface area (Å²) in [6, 6.07) is 7.11. The fourth-order valence-electron chi connectivity index (χ4n) is 4.71. The molecule has 0 aliphatic carbocycles. The van der Waals surface area contributed by atoms with Crippen LogP contribution in [0, 0.1) is 0 Å². The summed E-state index contributed by atoms with van der Waals surface area (Å²) in [7, 11) is 0. The number of likely N-dealkylation sites (tertiary alicyclic amines) is 3. The maximum Gasteiger partial charge on any atom is 0.0240 e. The summed E-state index contributed by atoms with van der Waals surface area (Å²) in [5.74, 6) is 0. The van der Waals surface area contributed by atoms with Crippen LogP contribution >= 0.6 is 0 Å². The predicted octanol–water partition coefficient (Wildman–Crippen LogP) is 3.47. The fraction of sp³-hybridized carbons (Fsp3) is 0.714. The van der Waals surface area contributed by atoms with E-state index in [1.54, 1.807) is 16.7 Å². The monoisotopic (exact) mass is 327 g/mol. The molecule has 0 spiro atoms. The highest BCUT2D eigenvalue weighted by molar-refractivity contribution is 5.35. The number of hydrogen-bond acceptors (Lipinski definition) is 3. The molecule has 0 saturated carbocycles. The fourth-order valence-corrected chi connectivity index (χ4v) is 4.71. The summed E-state index contributed by atoms with van der Waals surface area (Å²) in [5.41, 5.74) is 4.85. The topological polar surface area (TPSA) is 9.72 Å². The third kappa shape index (κ3) is 4.01. The van der Waals surface area contributed by atoms with Crippen molar-refractivity contribution in [3.05, 3.63) is 34.9 Å². The summed E-state index contributed by atoms with van der Waals surface area (Å²) in [6.07, 6.45) is 8.30. The van der Waals surface area contributed by atoms with E-state index in [1.165, 1.54) is 84.3 Å². The molecule has 3 aliphatic heterocycles. The van der Waals surface area contributed by atoms with E-state index in [9.17, 15) is 0 Å². The average Bonchev–Trinajstić information content (AvgIpc) is 3.34. The predicted molar refractivity (Wildman–Crippen MR) is 100.0 cm³/mol. The van der Waals surface area contributed by atoms with Gasteiger partial charge in [0.2, 0.25) is 0 Å². The van der Waals surface area contributed by atoms with Crippen LogP contribution in [0.4, 0.5) is 0 Å². The zero-order valence-corrected chi connectivity index (χ0v) is 15.2. The third-order valence-electron chi connectivity index (χ3n) is 6.14. The van der Waals surface area contributed by atoms with Crippen LogP contribution < -0.4 is 0 Å². The Morgan fingerprint density at radius 1 is 0.542 bits per heavy atom. The normalized spacial score (nSPS) is 23.5. The Morgan fingerprint density at radius 3 is 1.33 bits per heavy atom. The van der Waals surface area contributed by atoms with Gasteiger partial charge in [0.05, 0.1) is 0 Å². The van der Waals surface area contributed by atoms with Crippen molar-refractivity contribution in [3.63, 3.8) is 0 Å². The molecular formula is C21H33N3. The van der Waals surface area contributed by atoms with Gasteiger partial charge >= 0.3 is 0 Å². The van der Waals surface area contributed by atoms with Crippen LogP contribution in [0.25, 0.3) is 0 Å². The van der Waals surface area contributed by atoms with Gasteiger partial charge in [0.1, 0.15) is 0 Å². The first kappa shape index (κ1) is 16.6. The lowest BCUT2D eigenvalue weighted by Gasteiger charge is -2.25. The molecule has 3 heterocycles. The van der Waals surface area contributed by atoms with Crippen molar-refractivity contribution < 1.29 is 0 Å². The average molecular weight is 328 g/mol. The molecule has 0 bridgehead atoms. The van der Waals surface area contributed by atoms with E-state index >= 15 is 0 Å². The Kier molecular flexibility index (Phi) is 5.51. The Balaban J connectivity index is 1.55. The van der Waals surface area contributed by atoms with Crippen molar-refractivity contribution in [1.29, 1.82) is 0 Å². The van der Waals surface area contributed by atoms with Crippen molar-refractivity contribution in [1.82, 2.24) is 14.7 Å². The van der Waals surface area contributed by atoms with Gasteiger partial charge in [-0.2, -0.15) is 0 Å². The van der Waals surface area contributed by atoms with Gasteiger partial charge in [0, 0.05) is 19.6 Å². The van der Waals surface area contributed by atoms with Crippen molar-refractivity contribution in [3.8, 4) is 0 Å². The molecule has 0 aromatic heterocycles. The minimum atomic E-state index is 1.16. The number of rotatable bonds is 6. The maximum absolute atomic E-state index is 2.68. The van der Waals surface area contributed by atoms with Crippen LogP contribution in [0.15, 0.2) is 18.2 Å². The lowest BCUT2D eigenvalue weighted by Crippen LogP contribution is -2.26. The van der Waals surface area contributed by atoms with Gasteiger partial charge in [-0.05, 0) is 94.5 Å². The highest BCUT2D eigenvalue weighted by atomic mass is 15.2. The van der Waals surface area contributed by atoms with Crippen molar-refractivity contribution in [2.24, 2.45) is 0 Å². The molecule has 0 unspecified atom stereocenters. The molecule has 3 heteroatoms. The van der Waals surface area contributed by atoms with Crippen LogP contribution in [0.2, 0.25) is 0 Å². The van der Waals surface area contributed by atoms with Gasteiger partial charge < -0.3 is 0 Å². The van der Waals surface area contributed by atoms with Gasteiger partial charge in [-0.1, -0.05) is 18.2 Å². The Labute approximate surface area is 147 Å². The van der Waals surface area contributed by atoms with E-state index < -0.39 is 0 Å². The van der Waals surface area contributed by atoms with Crippen molar-refractivity contribution >= 4 is 0 Å². The molecule has 132 valence electrons. The zero-order valence-electron chi connectivity index (χ0n) is 15.2. The highest BCUT2D eigenvalue weighted by Gasteiger charge is 2.21. The van der Waals surface area contributed by atoms with Crippen LogP contribution in [0.1, 0.15) is 55.2 Å². The first-order chi connectivity index (χ1) is 11.9. The lowest BCUT2D eigenvalue weighted by atomic mass is 9.99. The molecule has 4 rings (SSSR count). The number of nitrogens with zero attached hydrogens (tertiary/aromatic N) is 3. The first-order valence-electron chi connectivity index (χ1n) is 10.2. The van der Waals surface area contributed by atoms with Gasteiger partial charge in [-0.25, -0.2) is 0 Å². The number of benzene rings is 1. The second kappa shape index (κ2) is 7.99. The second-order valence-corrected chi connectivity index (χ2v) is 8.00. The molecule has 1 aromatic rings. The summed E-state index contributed by atoms with van der Waals surface area (Å²) >= 11 is 0. The number of hydrogen-bond donors (Lipinski definition) is 0. The molecule has 24 heavy (non-hydrogen) atoms. The molecule has 3 nitrogen and oxygen atoms in total. The Hall–Kier alpha value is -0.900. The quantitative estimate of drug-likeness (QED) is 0.792. The second-order valence-electron chi connectivity index (χ2n) is 8.00. The van der Waals surface area contributed by atoms with Crippen LogP contribution in [-0.2, 0) is 19.6 Å². The molecule has 0 N–H and O–H groups in total. The molecule has 3 aliphatic rings. The van der Waals surface area contributed by atoms with E-state index in [4.69, 9.17) is 0 Å². The van der Waals surface area contributed by atoms with Gasteiger partial charge in [-0.15, -0.1) is 0 Å². The van der Waals surface area contributed by atoms with Crippen LogP contribution in [0.3, 0.4) is 0 Å². The summed E-state index contributed by atoms with van der Waals surface area (Å²) < 4.78 is 0. The molecule has 0 atom stereocenters. The van der Waals surface area contributed by atoms with Crippen LogP contribution in [0.5, 0.6) is 0 Å². The minimum Gasteiger partial charge on any atom is -0.299 e. The highest BCUT2D eigenvalue weighted by Crippen LogP contribution is 2.25. The molecule has 1 aromatic carbocycles. The molecule has 0 radical (unpaired) electrons. The Bertz CT molecular complexity index is 488. The van der Waals surface area contributed by atoms with Gasteiger partial charge in [0.25, 0.3) is 0 Å². The summed E-state index contributed by atoms with van der Waals surface area (Å²) in [4.78, 5) is 7.99.